The number of aliphatic hydroxyl groups excluding tert-OH is 1. The first-order chi connectivity index (χ1) is 13.3. The molecule has 144 valence electrons. The number of nitrogens with zero attached hydrogens (tertiary/aromatic N) is 4. The number of nitrogens with one attached hydrogen (secondary N) is 1. The van der Waals surface area contributed by atoms with Crippen LogP contribution < -0.4 is 5.32 Å². The first kappa shape index (κ1) is 19.0. The number of aryl methyl sites for hydroxylation is 1. The van der Waals surface area contributed by atoms with Crippen molar-refractivity contribution in [3.8, 4) is 22.6 Å². The molecular formula is C18H17N5O5. The number of phenolic OH excluding ortho intramolecular Hbond substituents is 2. The number of benzene rings is 1. The molecule has 10 heteroatoms. The van der Waals surface area contributed by atoms with Crippen LogP contribution in [0.25, 0.3) is 11.1 Å². The fourth-order valence-electron chi connectivity index (χ4n) is 2.65. The van der Waals surface area contributed by atoms with Crippen molar-refractivity contribution in [3.05, 3.63) is 64.4 Å². The fourth-order valence-corrected chi connectivity index (χ4v) is 2.65. The molecule has 0 amide bonds. The molecule has 3 rings (SSSR count). The number of anilines is 1. The minimum Gasteiger partial charge on any atom is -0.504 e. The van der Waals surface area contributed by atoms with Gasteiger partial charge in [-0.1, -0.05) is 6.07 Å². The highest BCUT2D eigenvalue weighted by Crippen LogP contribution is 2.34. The van der Waals surface area contributed by atoms with Gasteiger partial charge in [0, 0.05) is 47.8 Å². The van der Waals surface area contributed by atoms with Crippen LogP contribution >= 0.6 is 0 Å². The molecule has 0 aliphatic heterocycles. The Balaban J connectivity index is 1.88. The van der Waals surface area contributed by atoms with Crippen LogP contribution in [-0.4, -0.2) is 41.4 Å². The van der Waals surface area contributed by atoms with Gasteiger partial charge in [-0.25, -0.2) is 9.97 Å². The predicted molar refractivity (Wildman–Crippen MR) is 99.8 cm³/mol. The molecule has 1 atom stereocenters. The number of hydrogen-bond acceptors (Lipinski definition) is 9. The Bertz CT molecular complexity index is 1010. The van der Waals surface area contributed by atoms with Crippen LogP contribution in [0.2, 0.25) is 0 Å². The minimum atomic E-state index is -1.25. The summed E-state index contributed by atoms with van der Waals surface area (Å²) in [6.07, 6.45) is 3.37. The van der Waals surface area contributed by atoms with Crippen molar-refractivity contribution in [1.29, 1.82) is 0 Å². The highest BCUT2D eigenvalue weighted by molar-refractivity contribution is 5.73. The van der Waals surface area contributed by atoms with Crippen molar-refractivity contribution in [2.45, 2.75) is 19.6 Å². The molecule has 0 spiro atoms. The summed E-state index contributed by atoms with van der Waals surface area (Å²) < 4.78 is 0. The standard InChI is InChI=1S/C18H17N5O5/c1-10-20-9-14(11-3-2-4-19-8-11)18(21-10)22-16(25)6-12-5-13(23(27)28)7-15(24)17(12)26/h2-5,7-9,16,24-26H,6H2,1H3,(H,20,21,22)/t16-/m0/s1. The van der Waals surface area contributed by atoms with E-state index in [0.717, 1.165) is 17.7 Å². The zero-order valence-electron chi connectivity index (χ0n) is 14.8. The van der Waals surface area contributed by atoms with E-state index in [1.165, 1.54) is 0 Å². The van der Waals surface area contributed by atoms with Gasteiger partial charge >= 0.3 is 0 Å². The van der Waals surface area contributed by atoms with Crippen LogP contribution in [0.5, 0.6) is 11.5 Å². The molecule has 4 N–H and O–H groups in total. The molecule has 0 aliphatic rings. The number of aromatic nitrogens is 3. The topological polar surface area (TPSA) is 155 Å². The Morgan fingerprint density at radius 1 is 1.29 bits per heavy atom. The van der Waals surface area contributed by atoms with Crippen LogP contribution in [0.4, 0.5) is 11.5 Å². The number of hydrogen-bond donors (Lipinski definition) is 4. The number of nitro groups is 1. The zero-order chi connectivity index (χ0) is 20.3. The zero-order valence-corrected chi connectivity index (χ0v) is 14.8. The van der Waals surface area contributed by atoms with Gasteiger partial charge in [-0.3, -0.25) is 15.1 Å². The number of aromatic hydroxyl groups is 2. The molecule has 1 aromatic carbocycles. The van der Waals surface area contributed by atoms with Crippen LogP contribution in [-0.2, 0) is 6.42 Å². The maximum Gasteiger partial charge on any atom is 0.273 e. The summed E-state index contributed by atoms with van der Waals surface area (Å²) in [6, 6.07) is 5.49. The smallest absolute Gasteiger partial charge is 0.273 e. The number of non-ortho nitro benzene ring substituents is 1. The molecule has 0 saturated heterocycles. The minimum absolute atomic E-state index is 0.0143. The molecule has 2 aromatic heterocycles. The number of rotatable bonds is 6. The average Bonchev–Trinajstić information content (AvgIpc) is 2.66. The molecule has 0 saturated carbocycles. The summed E-state index contributed by atoms with van der Waals surface area (Å²) in [6.45, 7) is 1.69. The van der Waals surface area contributed by atoms with E-state index in [4.69, 9.17) is 0 Å². The van der Waals surface area contributed by atoms with E-state index in [-0.39, 0.29) is 12.0 Å². The average molecular weight is 383 g/mol. The van der Waals surface area contributed by atoms with Crippen molar-refractivity contribution in [1.82, 2.24) is 15.0 Å². The van der Waals surface area contributed by atoms with Gasteiger partial charge in [0.1, 0.15) is 17.9 Å². The summed E-state index contributed by atoms with van der Waals surface area (Å²) >= 11 is 0. The second kappa shape index (κ2) is 7.84. The van der Waals surface area contributed by atoms with E-state index in [0.29, 0.717) is 17.2 Å². The Kier molecular flexibility index (Phi) is 5.32. The van der Waals surface area contributed by atoms with Gasteiger partial charge in [0.15, 0.2) is 11.5 Å². The fraction of sp³-hybridized carbons (Fsp3) is 0.167. The van der Waals surface area contributed by atoms with E-state index in [1.54, 1.807) is 31.6 Å². The third kappa shape index (κ3) is 4.13. The van der Waals surface area contributed by atoms with Crippen LogP contribution in [0.15, 0.2) is 42.9 Å². The second-order valence-corrected chi connectivity index (χ2v) is 6.02. The molecule has 0 bridgehead atoms. The summed E-state index contributed by atoms with van der Waals surface area (Å²) in [4.78, 5) is 22.7. The van der Waals surface area contributed by atoms with Crippen molar-refractivity contribution < 1.29 is 20.2 Å². The molecule has 0 unspecified atom stereocenters. The van der Waals surface area contributed by atoms with E-state index >= 15 is 0 Å². The Morgan fingerprint density at radius 3 is 2.75 bits per heavy atom. The first-order valence-electron chi connectivity index (χ1n) is 8.23. The van der Waals surface area contributed by atoms with Gasteiger partial charge in [0.2, 0.25) is 0 Å². The van der Waals surface area contributed by atoms with E-state index in [9.17, 15) is 25.4 Å². The van der Waals surface area contributed by atoms with Gasteiger partial charge < -0.3 is 20.6 Å². The quantitative estimate of drug-likeness (QED) is 0.217. The first-order valence-corrected chi connectivity index (χ1v) is 8.23. The summed E-state index contributed by atoms with van der Waals surface area (Å²) in [7, 11) is 0. The summed E-state index contributed by atoms with van der Waals surface area (Å²) in [5, 5.41) is 43.8. The highest BCUT2D eigenvalue weighted by Gasteiger charge is 2.19. The third-order valence-electron chi connectivity index (χ3n) is 3.96. The van der Waals surface area contributed by atoms with Gasteiger partial charge in [-0.15, -0.1) is 0 Å². The normalized spacial score (nSPS) is 11.8. The number of nitro benzene ring substituents is 1. The molecule has 3 aromatic rings. The SMILES string of the molecule is Cc1ncc(-c2cccnc2)c(N[C@@H](O)Cc2cc([N+](=O)[O-])cc(O)c2O)n1. The van der Waals surface area contributed by atoms with Gasteiger partial charge in [0.25, 0.3) is 5.69 Å². The monoisotopic (exact) mass is 383 g/mol. The van der Waals surface area contributed by atoms with Gasteiger partial charge in [0.05, 0.1) is 11.0 Å². The van der Waals surface area contributed by atoms with Crippen molar-refractivity contribution in [3.63, 3.8) is 0 Å². The van der Waals surface area contributed by atoms with E-state index in [1.807, 2.05) is 6.07 Å². The van der Waals surface area contributed by atoms with Crippen LogP contribution in [0.1, 0.15) is 11.4 Å². The van der Waals surface area contributed by atoms with Gasteiger partial charge in [-0.2, -0.15) is 0 Å². The van der Waals surface area contributed by atoms with Crippen LogP contribution in [0, 0.1) is 17.0 Å². The highest BCUT2D eigenvalue weighted by atomic mass is 16.6. The van der Waals surface area contributed by atoms with Crippen molar-refractivity contribution in [2.24, 2.45) is 0 Å². The summed E-state index contributed by atoms with van der Waals surface area (Å²) in [5.41, 5.74) is 0.948. The molecule has 0 fully saturated rings. The van der Waals surface area contributed by atoms with Crippen molar-refractivity contribution in [2.75, 3.05) is 5.32 Å². The molecule has 2 heterocycles. The maximum atomic E-state index is 10.9. The lowest BCUT2D eigenvalue weighted by Crippen LogP contribution is -2.23. The number of aliphatic hydroxyl groups is 1. The largest absolute Gasteiger partial charge is 0.504 e. The Labute approximate surface area is 159 Å². The Morgan fingerprint density at radius 2 is 2.07 bits per heavy atom. The molecule has 10 nitrogen and oxygen atoms in total. The number of pyridine rings is 1. The molecule has 0 aliphatic carbocycles. The predicted octanol–water partition coefficient (Wildman–Crippen LogP) is 2.14. The van der Waals surface area contributed by atoms with Gasteiger partial charge in [-0.05, 0) is 13.0 Å². The molecule has 28 heavy (non-hydrogen) atoms. The lowest BCUT2D eigenvalue weighted by molar-refractivity contribution is -0.385. The Hall–Kier alpha value is -3.79. The second-order valence-electron chi connectivity index (χ2n) is 6.02. The third-order valence-corrected chi connectivity index (χ3v) is 3.96. The summed E-state index contributed by atoms with van der Waals surface area (Å²) in [5.74, 6) is -0.358. The molecular weight excluding hydrogens is 366 g/mol. The lowest BCUT2D eigenvalue weighted by Gasteiger charge is -2.17. The lowest BCUT2D eigenvalue weighted by atomic mass is 10.1. The van der Waals surface area contributed by atoms with E-state index in [2.05, 4.69) is 20.3 Å². The van der Waals surface area contributed by atoms with E-state index < -0.39 is 28.3 Å². The number of phenols is 2. The molecule has 0 radical (unpaired) electrons. The maximum absolute atomic E-state index is 10.9. The van der Waals surface area contributed by atoms with Crippen LogP contribution in [0.3, 0.4) is 0 Å². The van der Waals surface area contributed by atoms with Crippen molar-refractivity contribution >= 4 is 11.5 Å².